The SMILES string of the molecule is COc1ccc(C(=O)c2ccccc2)c(C(=O)N(C)C(C)C(=O)O)c1. The lowest BCUT2D eigenvalue weighted by Gasteiger charge is -2.23. The van der Waals surface area contributed by atoms with Gasteiger partial charge in [-0.2, -0.15) is 0 Å². The van der Waals surface area contributed by atoms with Crippen molar-refractivity contribution in [2.24, 2.45) is 0 Å². The predicted octanol–water partition coefficient (Wildman–Crippen LogP) is 2.47. The second kappa shape index (κ2) is 7.61. The molecule has 0 radical (unpaired) electrons. The normalized spacial score (nSPS) is 11.5. The molecule has 0 bridgehead atoms. The van der Waals surface area contributed by atoms with Gasteiger partial charge in [-0.05, 0) is 25.1 Å². The number of carboxylic acids is 1. The van der Waals surface area contributed by atoms with E-state index in [-0.39, 0.29) is 16.9 Å². The number of ketones is 1. The summed E-state index contributed by atoms with van der Waals surface area (Å²) < 4.78 is 5.13. The maximum Gasteiger partial charge on any atom is 0.326 e. The Bertz CT molecular complexity index is 801. The highest BCUT2D eigenvalue weighted by Crippen LogP contribution is 2.22. The van der Waals surface area contributed by atoms with Crippen molar-refractivity contribution in [3.63, 3.8) is 0 Å². The highest BCUT2D eigenvalue weighted by atomic mass is 16.5. The smallest absolute Gasteiger partial charge is 0.326 e. The number of rotatable bonds is 6. The molecule has 0 aromatic heterocycles. The molecule has 1 amide bonds. The molecule has 2 aromatic carbocycles. The van der Waals surface area contributed by atoms with E-state index in [1.54, 1.807) is 36.4 Å². The van der Waals surface area contributed by atoms with Crippen LogP contribution in [0.1, 0.15) is 33.2 Å². The number of ether oxygens (including phenoxy) is 1. The summed E-state index contributed by atoms with van der Waals surface area (Å²) in [6, 6.07) is 12.1. The van der Waals surface area contributed by atoms with Crippen LogP contribution in [0.2, 0.25) is 0 Å². The van der Waals surface area contributed by atoms with Gasteiger partial charge in [0.1, 0.15) is 11.8 Å². The van der Waals surface area contributed by atoms with E-state index in [9.17, 15) is 14.4 Å². The Balaban J connectivity index is 2.50. The van der Waals surface area contributed by atoms with E-state index in [1.165, 1.54) is 33.2 Å². The molecule has 6 nitrogen and oxygen atoms in total. The summed E-state index contributed by atoms with van der Waals surface area (Å²) in [5.74, 6) is -1.60. The summed E-state index contributed by atoms with van der Waals surface area (Å²) >= 11 is 0. The molecular weight excluding hydrogens is 322 g/mol. The second-order valence-electron chi connectivity index (χ2n) is 5.54. The first-order valence-corrected chi connectivity index (χ1v) is 7.64. The van der Waals surface area contributed by atoms with Gasteiger partial charge in [-0.1, -0.05) is 30.3 Å². The molecule has 1 N–H and O–H groups in total. The number of hydrogen-bond acceptors (Lipinski definition) is 4. The van der Waals surface area contributed by atoms with Crippen molar-refractivity contribution in [2.75, 3.05) is 14.2 Å². The van der Waals surface area contributed by atoms with Gasteiger partial charge in [-0.15, -0.1) is 0 Å². The summed E-state index contributed by atoms with van der Waals surface area (Å²) in [6.07, 6.45) is 0. The van der Waals surface area contributed by atoms with Crippen LogP contribution in [-0.4, -0.2) is 47.9 Å². The Hall–Kier alpha value is -3.15. The summed E-state index contributed by atoms with van der Waals surface area (Å²) in [7, 11) is 2.84. The lowest BCUT2D eigenvalue weighted by atomic mass is 9.97. The summed E-state index contributed by atoms with van der Waals surface area (Å²) in [6.45, 7) is 1.40. The highest BCUT2D eigenvalue weighted by molar-refractivity contribution is 6.15. The molecule has 6 heteroatoms. The number of likely N-dealkylation sites (N-methyl/N-ethyl adjacent to an activating group) is 1. The zero-order chi connectivity index (χ0) is 18.6. The van der Waals surface area contributed by atoms with E-state index >= 15 is 0 Å². The molecule has 0 heterocycles. The van der Waals surface area contributed by atoms with Gasteiger partial charge in [0.25, 0.3) is 5.91 Å². The highest BCUT2D eigenvalue weighted by Gasteiger charge is 2.27. The standard InChI is InChI=1S/C19H19NO5/c1-12(19(23)24)20(2)18(22)16-11-14(25-3)9-10-15(16)17(21)13-7-5-4-6-8-13/h4-12H,1-3H3,(H,23,24). The van der Waals surface area contributed by atoms with Gasteiger partial charge < -0.3 is 14.7 Å². The molecule has 2 aromatic rings. The topological polar surface area (TPSA) is 83.9 Å². The van der Waals surface area contributed by atoms with Crippen molar-refractivity contribution >= 4 is 17.7 Å². The summed E-state index contributed by atoms with van der Waals surface area (Å²) in [5.41, 5.74) is 0.737. The van der Waals surface area contributed by atoms with E-state index in [4.69, 9.17) is 9.84 Å². The zero-order valence-electron chi connectivity index (χ0n) is 14.2. The quantitative estimate of drug-likeness (QED) is 0.816. The Morgan fingerprint density at radius 3 is 2.24 bits per heavy atom. The van der Waals surface area contributed by atoms with Crippen LogP contribution in [-0.2, 0) is 4.79 Å². The first-order valence-electron chi connectivity index (χ1n) is 7.64. The molecule has 0 saturated carbocycles. The fraction of sp³-hybridized carbons (Fsp3) is 0.211. The molecule has 0 fully saturated rings. The zero-order valence-corrected chi connectivity index (χ0v) is 14.2. The fourth-order valence-electron chi connectivity index (χ4n) is 2.30. The van der Waals surface area contributed by atoms with Crippen LogP contribution in [0.15, 0.2) is 48.5 Å². The third kappa shape index (κ3) is 3.85. The van der Waals surface area contributed by atoms with Gasteiger partial charge in [0.2, 0.25) is 0 Å². The molecule has 2 rings (SSSR count). The maximum absolute atomic E-state index is 12.8. The van der Waals surface area contributed by atoms with Crippen molar-refractivity contribution in [3.05, 3.63) is 65.2 Å². The van der Waals surface area contributed by atoms with E-state index in [1.807, 2.05) is 0 Å². The van der Waals surface area contributed by atoms with Gasteiger partial charge in [0, 0.05) is 18.2 Å². The fourth-order valence-corrected chi connectivity index (χ4v) is 2.30. The first kappa shape index (κ1) is 18.2. The van der Waals surface area contributed by atoms with E-state index in [0.29, 0.717) is 11.3 Å². The predicted molar refractivity (Wildman–Crippen MR) is 92.1 cm³/mol. The number of nitrogens with zero attached hydrogens (tertiary/aromatic N) is 1. The molecule has 1 atom stereocenters. The van der Waals surface area contributed by atoms with Crippen LogP contribution in [0, 0.1) is 0 Å². The lowest BCUT2D eigenvalue weighted by molar-refractivity contribution is -0.141. The van der Waals surface area contributed by atoms with Gasteiger partial charge in [0.05, 0.1) is 12.7 Å². The van der Waals surface area contributed by atoms with Crippen LogP contribution in [0.5, 0.6) is 5.75 Å². The summed E-state index contributed by atoms with van der Waals surface area (Å²) in [4.78, 5) is 37.8. The van der Waals surface area contributed by atoms with E-state index in [2.05, 4.69) is 0 Å². The third-order valence-corrected chi connectivity index (χ3v) is 4.00. The molecule has 0 spiro atoms. The lowest BCUT2D eigenvalue weighted by Crippen LogP contribution is -2.40. The largest absolute Gasteiger partial charge is 0.497 e. The van der Waals surface area contributed by atoms with Crippen LogP contribution >= 0.6 is 0 Å². The molecule has 25 heavy (non-hydrogen) atoms. The van der Waals surface area contributed by atoms with Crippen molar-refractivity contribution < 1.29 is 24.2 Å². The van der Waals surface area contributed by atoms with Crippen molar-refractivity contribution in [2.45, 2.75) is 13.0 Å². The maximum atomic E-state index is 12.8. The molecule has 0 aliphatic heterocycles. The number of aliphatic carboxylic acids is 1. The van der Waals surface area contributed by atoms with Crippen LogP contribution in [0.4, 0.5) is 0 Å². The molecule has 0 aliphatic rings. The molecular formula is C19H19NO5. The number of carbonyl (C=O) groups excluding carboxylic acids is 2. The number of carboxylic acid groups (broad SMARTS) is 1. The van der Waals surface area contributed by atoms with Crippen molar-refractivity contribution in [1.82, 2.24) is 4.90 Å². The van der Waals surface area contributed by atoms with Gasteiger partial charge in [-0.25, -0.2) is 4.79 Å². The first-order chi connectivity index (χ1) is 11.9. The Morgan fingerprint density at radius 1 is 1.04 bits per heavy atom. The minimum Gasteiger partial charge on any atom is -0.497 e. The number of amides is 1. The Kier molecular flexibility index (Phi) is 5.54. The Morgan fingerprint density at radius 2 is 1.68 bits per heavy atom. The number of methoxy groups -OCH3 is 1. The number of benzene rings is 2. The molecule has 130 valence electrons. The minimum atomic E-state index is -1.13. The van der Waals surface area contributed by atoms with Gasteiger partial charge >= 0.3 is 5.97 Å². The van der Waals surface area contributed by atoms with Crippen molar-refractivity contribution in [3.8, 4) is 5.75 Å². The average molecular weight is 341 g/mol. The minimum absolute atomic E-state index is 0.101. The number of hydrogen-bond donors (Lipinski definition) is 1. The van der Waals surface area contributed by atoms with Crippen molar-refractivity contribution in [1.29, 1.82) is 0 Å². The van der Waals surface area contributed by atoms with Gasteiger partial charge in [0.15, 0.2) is 5.78 Å². The average Bonchev–Trinajstić information content (AvgIpc) is 2.65. The number of carbonyl (C=O) groups is 3. The van der Waals surface area contributed by atoms with Crippen LogP contribution < -0.4 is 4.74 Å². The van der Waals surface area contributed by atoms with Crippen LogP contribution in [0.25, 0.3) is 0 Å². The van der Waals surface area contributed by atoms with E-state index in [0.717, 1.165) is 4.90 Å². The molecule has 0 aliphatic carbocycles. The molecule has 1 unspecified atom stereocenters. The second-order valence-corrected chi connectivity index (χ2v) is 5.54. The molecule has 0 saturated heterocycles. The van der Waals surface area contributed by atoms with Gasteiger partial charge in [-0.3, -0.25) is 9.59 Å². The third-order valence-electron chi connectivity index (χ3n) is 4.00. The van der Waals surface area contributed by atoms with Crippen LogP contribution in [0.3, 0.4) is 0 Å². The Labute approximate surface area is 145 Å². The van der Waals surface area contributed by atoms with E-state index < -0.39 is 17.9 Å². The summed E-state index contributed by atoms with van der Waals surface area (Å²) in [5, 5.41) is 9.12. The monoisotopic (exact) mass is 341 g/mol.